The van der Waals surface area contributed by atoms with Gasteiger partial charge in [0.1, 0.15) is 11.3 Å². The lowest BCUT2D eigenvalue weighted by atomic mass is 9.88. The number of piperidine rings is 1. The number of hydrogen-bond donors (Lipinski definition) is 0. The summed E-state index contributed by atoms with van der Waals surface area (Å²) in [5, 5.41) is 0.492. The highest BCUT2D eigenvalue weighted by Crippen LogP contribution is 2.50. The van der Waals surface area contributed by atoms with Crippen LogP contribution in [0, 0.1) is 5.82 Å². The normalized spacial score (nSPS) is 21.3. The van der Waals surface area contributed by atoms with Gasteiger partial charge in [0.25, 0.3) is 5.79 Å². The van der Waals surface area contributed by atoms with Gasteiger partial charge in [0.2, 0.25) is 5.75 Å². The number of fused-ring (bicyclic) bond motifs is 1. The van der Waals surface area contributed by atoms with E-state index in [1.807, 2.05) is 20.8 Å². The number of nitrogens with zero attached hydrogens (tertiary/aromatic N) is 2. The molecule has 1 aromatic heterocycles. The van der Waals surface area contributed by atoms with Crippen LogP contribution in [-0.4, -0.2) is 34.7 Å². The first-order valence-electron chi connectivity index (χ1n) is 10.4. The molecule has 1 saturated heterocycles. The first-order chi connectivity index (χ1) is 14.6. The Bertz CT molecular complexity index is 984. The Hall–Kier alpha value is -2.54. The summed E-state index contributed by atoms with van der Waals surface area (Å²) in [5.74, 6) is -1.14. The van der Waals surface area contributed by atoms with E-state index in [4.69, 9.17) is 25.8 Å². The van der Waals surface area contributed by atoms with Crippen LogP contribution in [0.3, 0.4) is 0 Å². The fourth-order valence-electron chi connectivity index (χ4n) is 3.93. The Morgan fingerprint density at radius 2 is 1.87 bits per heavy atom. The monoisotopic (exact) mass is 448 g/mol. The first kappa shape index (κ1) is 21.7. The van der Waals surface area contributed by atoms with Gasteiger partial charge in [-0.3, -0.25) is 4.98 Å². The zero-order chi connectivity index (χ0) is 22.4. The third-order valence-corrected chi connectivity index (χ3v) is 5.69. The summed E-state index contributed by atoms with van der Waals surface area (Å²) in [7, 11) is 0. The Labute approximate surface area is 186 Å². The van der Waals surface area contributed by atoms with Crippen molar-refractivity contribution in [2.24, 2.45) is 0 Å². The number of benzene rings is 1. The van der Waals surface area contributed by atoms with Crippen molar-refractivity contribution in [1.29, 1.82) is 0 Å². The maximum absolute atomic E-state index is 14.6. The molecular formula is C23H26ClFN2O4. The fourth-order valence-corrected chi connectivity index (χ4v) is 4.05. The van der Waals surface area contributed by atoms with Crippen molar-refractivity contribution in [2.45, 2.75) is 57.8 Å². The Morgan fingerprint density at radius 3 is 2.48 bits per heavy atom. The molecule has 0 saturated carbocycles. The van der Waals surface area contributed by atoms with Crippen LogP contribution in [0.15, 0.2) is 30.5 Å². The van der Waals surface area contributed by atoms with Gasteiger partial charge in [0.15, 0.2) is 11.6 Å². The van der Waals surface area contributed by atoms with Crippen LogP contribution in [0.5, 0.6) is 11.5 Å². The van der Waals surface area contributed by atoms with Crippen molar-refractivity contribution < 1.29 is 23.4 Å². The van der Waals surface area contributed by atoms with Gasteiger partial charge in [0.05, 0.1) is 5.02 Å². The van der Waals surface area contributed by atoms with Crippen molar-refractivity contribution in [3.63, 3.8) is 0 Å². The number of amides is 1. The molecule has 0 spiro atoms. The molecule has 166 valence electrons. The predicted molar refractivity (Wildman–Crippen MR) is 114 cm³/mol. The van der Waals surface area contributed by atoms with Gasteiger partial charge in [-0.15, -0.1) is 0 Å². The summed E-state index contributed by atoms with van der Waals surface area (Å²) >= 11 is 5.93. The van der Waals surface area contributed by atoms with E-state index in [2.05, 4.69) is 4.98 Å². The van der Waals surface area contributed by atoms with E-state index in [-0.39, 0.29) is 17.8 Å². The van der Waals surface area contributed by atoms with Crippen molar-refractivity contribution in [2.75, 3.05) is 13.1 Å². The summed E-state index contributed by atoms with van der Waals surface area (Å²) < 4.78 is 32.1. The second kappa shape index (κ2) is 7.86. The number of carbonyl (C=O) groups is 1. The molecule has 8 heteroatoms. The van der Waals surface area contributed by atoms with Gasteiger partial charge < -0.3 is 19.1 Å². The molecular weight excluding hydrogens is 423 g/mol. The van der Waals surface area contributed by atoms with E-state index in [1.54, 1.807) is 30.0 Å². The highest BCUT2D eigenvalue weighted by atomic mass is 35.5. The molecule has 0 bridgehead atoms. The smallest absolute Gasteiger partial charge is 0.410 e. The summed E-state index contributed by atoms with van der Waals surface area (Å²) in [6, 6.07) is 6.53. The van der Waals surface area contributed by atoms with E-state index < -0.39 is 17.2 Å². The van der Waals surface area contributed by atoms with E-state index in [0.29, 0.717) is 29.6 Å². The van der Waals surface area contributed by atoms with Crippen LogP contribution < -0.4 is 9.47 Å². The lowest BCUT2D eigenvalue weighted by molar-refractivity contribution is -0.0734. The lowest BCUT2D eigenvalue weighted by Crippen LogP contribution is -2.41. The predicted octanol–water partition coefficient (Wildman–Crippen LogP) is 5.63. The fraction of sp³-hybridized carbons (Fsp3) is 0.478. The average Bonchev–Trinajstić information content (AvgIpc) is 3.07. The van der Waals surface area contributed by atoms with Gasteiger partial charge in [-0.2, -0.15) is 0 Å². The molecule has 3 heterocycles. The molecule has 31 heavy (non-hydrogen) atoms. The maximum Gasteiger partial charge on any atom is 0.410 e. The van der Waals surface area contributed by atoms with E-state index in [9.17, 15) is 9.18 Å². The van der Waals surface area contributed by atoms with Crippen LogP contribution in [0.2, 0.25) is 5.02 Å². The second-order valence-corrected chi connectivity index (χ2v) is 9.48. The van der Waals surface area contributed by atoms with Crippen LogP contribution in [0.25, 0.3) is 0 Å². The minimum Gasteiger partial charge on any atom is -0.444 e. The zero-order valence-electron chi connectivity index (χ0n) is 18.1. The third-order valence-electron chi connectivity index (χ3n) is 5.47. The van der Waals surface area contributed by atoms with E-state index in [1.165, 1.54) is 12.3 Å². The molecule has 2 aliphatic heterocycles. The second-order valence-electron chi connectivity index (χ2n) is 9.05. The Balaban J connectivity index is 1.52. The minimum absolute atomic E-state index is 0.0892. The van der Waals surface area contributed by atoms with Crippen molar-refractivity contribution in [3.8, 4) is 11.5 Å². The van der Waals surface area contributed by atoms with Crippen LogP contribution in [-0.2, 0) is 10.5 Å². The highest BCUT2D eigenvalue weighted by molar-refractivity contribution is 6.30. The van der Waals surface area contributed by atoms with Gasteiger partial charge in [-0.1, -0.05) is 17.7 Å². The zero-order valence-corrected chi connectivity index (χ0v) is 18.8. The molecule has 0 N–H and O–H groups in total. The van der Waals surface area contributed by atoms with Crippen LogP contribution in [0.4, 0.5) is 9.18 Å². The molecule has 2 aromatic rings. The summed E-state index contributed by atoms with van der Waals surface area (Å²) in [5.41, 5.74) is 0.841. The molecule has 6 nitrogen and oxygen atoms in total. The van der Waals surface area contributed by atoms with E-state index >= 15 is 0 Å². The average molecular weight is 449 g/mol. The summed E-state index contributed by atoms with van der Waals surface area (Å²) in [6.07, 6.45) is 2.63. The summed E-state index contributed by atoms with van der Waals surface area (Å²) in [6.45, 7) is 8.37. The number of halogens is 2. The number of pyridine rings is 1. The number of hydrogen-bond acceptors (Lipinski definition) is 5. The Morgan fingerprint density at radius 1 is 1.19 bits per heavy atom. The topological polar surface area (TPSA) is 60.9 Å². The summed E-state index contributed by atoms with van der Waals surface area (Å²) in [4.78, 5) is 18.3. The van der Waals surface area contributed by atoms with Crippen molar-refractivity contribution >= 4 is 17.7 Å². The largest absolute Gasteiger partial charge is 0.444 e. The molecule has 0 radical (unpaired) electrons. The SMILES string of the molecule is CC(C)(C)OC(=O)N1CCC(c2ccc(F)c3c2OC(C)(c2ccc(Cl)cn2)O3)CC1. The number of likely N-dealkylation sites (tertiary alicyclic amines) is 1. The van der Waals surface area contributed by atoms with Crippen LogP contribution >= 0.6 is 11.6 Å². The number of rotatable bonds is 2. The molecule has 1 unspecified atom stereocenters. The standard InChI is InChI=1S/C23H26ClFN2O4/c1-22(2,3)31-21(28)27-11-9-14(10-12-27)16-6-7-17(25)20-19(16)29-23(4,30-20)18-8-5-15(24)13-26-18/h5-8,13-14H,9-12H2,1-4H3. The third kappa shape index (κ3) is 4.42. The molecule has 4 rings (SSSR count). The number of ether oxygens (including phenoxy) is 3. The molecule has 0 aliphatic carbocycles. The molecule has 1 amide bonds. The molecule has 2 aliphatic rings. The number of aromatic nitrogens is 1. The first-order valence-corrected chi connectivity index (χ1v) is 10.7. The number of carbonyl (C=O) groups excluding carboxylic acids is 1. The molecule has 1 fully saturated rings. The Kier molecular flexibility index (Phi) is 5.50. The van der Waals surface area contributed by atoms with Gasteiger partial charge in [-0.05, 0) is 57.7 Å². The highest BCUT2D eigenvalue weighted by Gasteiger charge is 2.44. The van der Waals surface area contributed by atoms with Crippen molar-refractivity contribution in [3.05, 3.63) is 52.6 Å². The van der Waals surface area contributed by atoms with Gasteiger partial charge in [-0.25, -0.2) is 9.18 Å². The maximum atomic E-state index is 14.6. The van der Waals surface area contributed by atoms with Gasteiger partial charge in [0, 0.05) is 31.8 Å². The lowest BCUT2D eigenvalue weighted by Gasteiger charge is -2.34. The van der Waals surface area contributed by atoms with E-state index in [0.717, 1.165) is 18.4 Å². The quantitative estimate of drug-likeness (QED) is 0.595. The molecule has 1 atom stereocenters. The molecule has 1 aromatic carbocycles. The minimum atomic E-state index is -1.25. The van der Waals surface area contributed by atoms with Crippen molar-refractivity contribution in [1.82, 2.24) is 9.88 Å². The van der Waals surface area contributed by atoms with Crippen LogP contribution in [0.1, 0.15) is 57.7 Å². The van der Waals surface area contributed by atoms with Gasteiger partial charge >= 0.3 is 6.09 Å².